The average molecular weight is 465 g/mol. The van der Waals surface area contributed by atoms with Crippen LogP contribution >= 0.6 is 16.8 Å². The monoisotopic (exact) mass is 465 g/mol. The van der Waals surface area contributed by atoms with Gasteiger partial charge in [0.2, 0.25) is 0 Å². The first-order valence-electron chi connectivity index (χ1n) is 8.66. The van der Waals surface area contributed by atoms with Crippen LogP contribution in [0.5, 0.6) is 5.75 Å². The van der Waals surface area contributed by atoms with Crippen LogP contribution in [0.15, 0.2) is 24.3 Å². The molecule has 0 spiro atoms. The van der Waals surface area contributed by atoms with Gasteiger partial charge in [-0.1, -0.05) is 26.0 Å². The third-order valence-corrected chi connectivity index (χ3v) is 5.51. The summed E-state index contributed by atoms with van der Waals surface area (Å²) < 4.78 is 38.9. The molecule has 1 saturated heterocycles. The number of benzene rings is 1. The zero-order chi connectivity index (χ0) is 19.3. The maximum absolute atomic E-state index is 12.5. The second kappa shape index (κ2) is 15.8. The number of phosphoric acid groups is 1. The quantitative estimate of drug-likeness (QED) is 0.306. The molecule has 11 heteroatoms. The van der Waals surface area contributed by atoms with Gasteiger partial charge in [-0.25, -0.2) is 8.88 Å². The molecule has 0 aromatic heterocycles. The number of aliphatic hydroxyl groups excluding tert-OH is 1. The first kappa shape index (κ1) is 27.0. The van der Waals surface area contributed by atoms with Crippen LogP contribution in [0.4, 0.5) is 0 Å². The van der Waals surface area contributed by atoms with Crippen LogP contribution in [-0.4, -0.2) is 31.2 Å². The van der Waals surface area contributed by atoms with Crippen molar-refractivity contribution in [3.63, 3.8) is 0 Å². The first-order chi connectivity index (χ1) is 12.6. The number of hydrogen-bond donors (Lipinski definition) is 2. The van der Waals surface area contributed by atoms with Gasteiger partial charge < -0.3 is 19.1 Å². The van der Waals surface area contributed by atoms with Crippen molar-refractivity contribution in [2.75, 3.05) is 19.8 Å². The van der Waals surface area contributed by atoms with Gasteiger partial charge in [0.05, 0.1) is 28.8 Å². The molecule has 3 N–H and O–H groups in total. The topological polar surface area (TPSA) is 109 Å². The fourth-order valence-electron chi connectivity index (χ4n) is 2.09. The molecule has 3 unspecified atom stereocenters. The van der Waals surface area contributed by atoms with E-state index in [0.29, 0.717) is 17.9 Å². The van der Waals surface area contributed by atoms with E-state index >= 15 is 0 Å². The normalized spacial score (nSPS) is 18.9. The smallest absolute Gasteiger partial charge is 0.404 e. The summed E-state index contributed by atoms with van der Waals surface area (Å²) in [6, 6.07) is 6.43. The number of nitrogens with two attached hydrogens (primary N) is 1. The Hall–Kier alpha value is -0.0405. The van der Waals surface area contributed by atoms with Crippen LogP contribution in [0.25, 0.3) is 0 Å². The van der Waals surface area contributed by atoms with Crippen LogP contribution < -0.4 is 10.0 Å². The van der Waals surface area contributed by atoms with E-state index in [1.54, 1.807) is 24.3 Å². The summed E-state index contributed by atoms with van der Waals surface area (Å²) >= 11 is 0. The molecule has 1 aromatic rings. The number of rotatable bonds is 10. The van der Waals surface area contributed by atoms with E-state index < -0.39 is 16.8 Å². The van der Waals surface area contributed by atoms with E-state index in [2.05, 4.69) is 0 Å². The molecule has 0 radical (unpaired) electrons. The Labute approximate surface area is 173 Å². The molecule has 3 atom stereocenters. The molecular formula is C16H29FeNO7P2. The van der Waals surface area contributed by atoms with E-state index in [0.717, 1.165) is 19.3 Å². The molecule has 1 aromatic carbocycles. The molecule has 8 nitrogen and oxygen atoms in total. The minimum Gasteiger partial charge on any atom is -0.404 e. The molecular weight excluding hydrogens is 436 g/mol. The number of phosphoric ester groups is 1. The van der Waals surface area contributed by atoms with Crippen LogP contribution in [0, 0.1) is 0 Å². The average Bonchev–Trinajstić information content (AvgIpc) is 2.68. The van der Waals surface area contributed by atoms with Gasteiger partial charge in [0, 0.05) is 23.7 Å². The molecule has 0 amide bonds. The summed E-state index contributed by atoms with van der Waals surface area (Å²) in [4.78, 5) is 0. The maximum Gasteiger partial charge on any atom is 0.534 e. The van der Waals surface area contributed by atoms with Crippen molar-refractivity contribution >= 4 is 16.8 Å². The van der Waals surface area contributed by atoms with Crippen LogP contribution in [0.3, 0.4) is 0 Å². The van der Waals surface area contributed by atoms with E-state index in [-0.39, 0.29) is 43.2 Å². The van der Waals surface area contributed by atoms with Gasteiger partial charge in [-0.05, 0) is 37.0 Å². The van der Waals surface area contributed by atoms with Crippen molar-refractivity contribution in [1.82, 2.24) is 0 Å². The second-order valence-corrected chi connectivity index (χ2v) is 7.35. The Kier molecular flexibility index (Phi) is 15.8. The summed E-state index contributed by atoms with van der Waals surface area (Å²) in [5.74, 6) is 0.297. The third kappa shape index (κ3) is 10.9. The largest absolute Gasteiger partial charge is 0.534 e. The van der Waals surface area contributed by atoms with E-state index in [1.807, 2.05) is 13.8 Å². The Balaban J connectivity index is 0.00000218. The van der Waals surface area contributed by atoms with Crippen molar-refractivity contribution < 1.29 is 49.6 Å². The molecule has 0 aliphatic carbocycles. The molecule has 158 valence electrons. The van der Waals surface area contributed by atoms with Gasteiger partial charge >= 0.3 is 7.82 Å². The van der Waals surface area contributed by atoms with Crippen LogP contribution in [0.1, 0.15) is 38.7 Å². The van der Waals surface area contributed by atoms with Gasteiger partial charge in [0.15, 0.2) is 6.29 Å². The molecule has 0 bridgehead atoms. The van der Waals surface area contributed by atoms with Gasteiger partial charge in [0.25, 0.3) is 0 Å². The number of ether oxygens (including phenoxy) is 2. The van der Waals surface area contributed by atoms with Gasteiger partial charge in [-0.3, -0.25) is 10.0 Å². The second-order valence-electron chi connectivity index (χ2n) is 5.05. The molecule has 1 aliphatic heterocycles. The number of aliphatic hydroxyl groups is 1. The van der Waals surface area contributed by atoms with Crippen molar-refractivity contribution in [1.29, 1.82) is 0 Å². The van der Waals surface area contributed by atoms with Crippen molar-refractivity contribution in [2.45, 2.75) is 46.0 Å². The maximum atomic E-state index is 12.5. The van der Waals surface area contributed by atoms with Crippen molar-refractivity contribution in [3.05, 3.63) is 29.8 Å². The Morgan fingerprint density at radius 3 is 2.52 bits per heavy atom. The predicted molar refractivity (Wildman–Crippen MR) is 101 cm³/mol. The molecule has 0 saturated carbocycles. The first-order valence-corrected chi connectivity index (χ1v) is 11.1. The summed E-state index contributed by atoms with van der Waals surface area (Å²) in [6.07, 6.45) is 2.70. The Morgan fingerprint density at radius 2 is 1.96 bits per heavy atom. The minimum absolute atomic E-state index is 0. The summed E-state index contributed by atoms with van der Waals surface area (Å²) in [6.45, 7) is 4.83. The minimum atomic E-state index is -3.83. The zero-order valence-electron chi connectivity index (χ0n) is 15.6. The molecule has 27 heavy (non-hydrogen) atoms. The Morgan fingerprint density at radius 1 is 1.26 bits per heavy atom. The molecule has 1 fully saturated rings. The summed E-state index contributed by atoms with van der Waals surface area (Å²) in [5, 5.41) is 9.01. The van der Waals surface area contributed by atoms with Crippen molar-refractivity contribution in [2.24, 2.45) is 5.50 Å². The molecule has 2 rings (SSSR count). The SMILES string of the molecule is CC.NPOP(=O)(OCCOC1CCCCO1)Oc1ccc(CO)cc1.[Fe]. The van der Waals surface area contributed by atoms with Crippen LogP contribution in [0.2, 0.25) is 0 Å². The third-order valence-electron chi connectivity index (χ3n) is 3.26. The predicted octanol–water partition coefficient (Wildman–Crippen LogP) is 3.73. The fraction of sp³-hybridized carbons (Fsp3) is 0.625. The fourth-order valence-corrected chi connectivity index (χ4v) is 3.70. The summed E-state index contributed by atoms with van der Waals surface area (Å²) in [5.41, 5.74) is 6.03. The molecule has 1 aliphatic rings. The number of hydrogen-bond acceptors (Lipinski definition) is 8. The zero-order valence-corrected chi connectivity index (χ0v) is 18.6. The summed E-state index contributed by atoms with van der Waals surface area (Å²) in [7, 11) is -4.37. The molecule has 1 heterocycles. The van der Waals surface area contributed by atoms with E-state index in [4.69, 9.17) is 33.4 Å². The van der Waals surface area contributed by atoms with Gasteiger partial charge in [-0.15, -0.1) is 0 Å². The Bertz CT molecular complexity index is 530. The van der Waals surface area contributed by atoms with Crippen LogP contribution in [-0.2, 0) is 46.5 Å². The van der Waals surface area contributed by atoms with E-state index in [9.17, 15) is 4.57 Å². The standard InChI is InChI=1S/C14H23NO7P2.C2H6.Fe/c15-23-22-24(17,21-13-6-4-12(11-16)5-7-13)20-10-9-19-14-3-1-2-8-18-14;1-2;/h4-7,14,16,23H,1-3,8-11,15H2;1-2H3;. The van der Waals surface area contributed by atoms with Gasteiger partial charge in [-0.2, -0.15) is 0 Å². The van der Waals surface area contributed by atoms with Gasteiger partial charge in [0.1, 0.15) is 5.75 Å². The van der Waals surface area contributed by atoms with E-state index in [1.165, 1.54) is 0 Å². The van der Waals surface area contributed by atoms with Crippen molar-refractivity contribution in [3.8, 4) is 5.75 Å².